The number of nitrogens with zero attached hydrogens (tertiary/aromatic N) is 2. The van der Waals surface area contributed by atoms with Gasteiger partial charge in [0.15, 0.2) is 22.9 Å². The van der Waals surface area contributed by atoms with Crippen molar-refractivity contribution in [2.45, 2.75) is 20.5 Å². The third kappa shape index (κ3) is 3.73. The molecule has 0 radical (unpaired) electrons. The summed E-state index contributed by atoms with van der Waals surface area (Å²) >= 11 is 3.42. The number of ketones is 1. The molecule has 0 bridgehead atoms. The summed E-state index contributed by atoms with van der Waals surface area (Å²) in [6.45, 7) is 3.74. The van der Waals surface area contributed by atoms with Crippen LogP contribution in [0.15, 0.2) is 72.5 Å². The van der Waals surface area contributed by atoms with Crippen molar-refractivity contribution in [3.63, 3.8) is 0 Å². The molecule has 2 aromatic carbocycles. The quantitative estimate of drug-likeness (QED) is 0.258. The topological polar surface area (TPSA) is 91.5 Å². The van der Waals surface area contributed by atoms with Gasteiger partial charge in [0.2, 0.25) is 5.78 Å². The van der Waals surface area contributed by atoms with Crippen molar-refractivity contribution in [2.75, 3.05) is 0 Å². The fourth-order valence-corrected chi connectivity index (χ4v) is 3.73. The van der Waals surface area contributed by atoms with Gasteiger partial charge >= 0.3 is 0 Å². The Morgan fingerprint density at radius 1 is 1.03 bits per heavy atom. The highest BCUT2D eigenvalue weighted by atomic mass is 79.9. The minimum absolute atomic E-state index is 0.177. The number of ether oxygens (including phenoxy) is 1. The number of halogens is 1. The number of para-hydroxylation sites is 1. The first kappa shape index (κ1) is 20.3. The van der Waals surface area contributed by atoms with Crippen LogP contribution in [-0.4, -0.2) is 16.1 Å². The molecule has 160 valence electrons. The number of carbonyl (C=O) groups excluding carboxylic acids is 1. The summed E-state index contributed by atoms with van der Waals surface area (Å²) in [6.07, 6.45) is 0. The standard InChI is InChI=1S/C24H17BrN2O5/c1-13-10-18(32-26-13)12-29-19-5-3-4-16-11-20(30-24(16)19)23(28)21-14(2)31-27-22(21)15-6-8-17(25)9-7-15/h3-11H,12H2,1-2H3. The fraction of sp³-hybridized carbons (Fsp3) is 0.125. The second kappa shape index (κ2) is 8.12. The van der Waals surface area contributed by atoms with Crippen LogP contribution in [0.25, 0.3) is 22.2 Å². The number of aromatic nitrogens is 2. The number of furan rings is 1. The summed E-state index contributed by atoms with van der Waals surface area (Å²) < 4.78 is 23.3. The van der Waals surface area contributed by atoms with E-state index in [1.54, 1.807) is 25.1 Å². The van der Waals surface area contributed by atoms with Crippen molar-refractivity contribution in [1.29, 1.82) is 0 Å². The van der Waals surface area contributed by atoms with Gasteiger partial charge in [0.1, 0.15) is 18.1 Å². The zero-order valence-corrected chi connectivity index (χ0v) is 18.8. The fourth-order valence-electron chi connectivity index (χ4n) is 3.46. The molecule has 0 aliphatic heterocycles. The van der Waals surface area contributed by atoms with Crippen molar-refractivity contribution in [3.8, 4) is 17.0 Å². The maximum absolute atomic E-state index is 13.4. The number of carbonyl (C=O) groups is 1. The Balaban J connectivity index is 1.48. The van der Waals surface area contributed by atoms with Crippen molar-refractivity contribution in [3.05, 3.63) is 87.6 Å². The highest BCUT2D eigenvalue weighted by Crippen LogP contribution is 2.33. The number of hydrogen-bond acceptors (Lipinski definition) is 7. The highest BCUT2D eigenvalue weighted by molar-refractivity contribution is 9.10. The third-order valence-corrected chi connectivity index (χ3v) is 5.51. The van der Waals surface area contributed by atoms with E-state index >= 15 is 0 Å². The zero-order valence-electron chi connectivity index (χ0n) is 17.2. The Bertz CT molecular complexity index is 1430. The van der Waals surface area contributed by atoms with Gasteiger partial charge < -0.3 is 18.2 Å². The average molecular weight is 493 g/mol. The van der Waals surface area contributed by atoms with Crippen LogP contribution >= 0.6 is 15.9 Å². The molecule has 0 aliphatic rings. The molecule has 0 saturated carbocycles. The molecule has 0 amide bonds. The molecule has 0 atom stereocenters. The van der Waals surface area contributed by atoms with Gasteiger partial charge in [-0.05, 0) is 38.1 Å². The van der Waals surface area contributed by atoms with Crippen molar-refractivity contribution in [2.24, 2.45) is 0 Å². The molecule has 5 aromatic rings. The normalized spacial score (nSPS) is 11.2. The Morgan fingerprint density at radius 2 is 1.84 bits per heavy atom. The maximum Gasteiger partial charge on any atom is 0.234 e. The van der Waals surface area contributed by atoms with E-state index in [-0.39, 0.29) is 18.2 Å². The van der Waals surface area contributed by atoms with E-state index in [1.807, 2.05) is 43.3 Å². The van der Waals surface area contributed by atoms with Gasteiger partial charge in [-0.3, -0.25) is 4.79 Å². The largest absolute Gasteiger partial charge is 0.482 e. The summed E-state index contributed by atoms with van der Waals surface area (Å²) in [4.78, 5) is 13.4. The molecular formula is C24H17BrN2O5. The van der Waals surface area contributed by atoms with Gasteiger partial charge in [0.25, 0.3) is 0 Å². The van der Waals surface area contributed by atoms with Gasteiger partial charge in [-0.15, -0.1) is 0 Å². The summed E-state index contributed by atoms with van der Waals surface area (Å²) in [5.41, 5.74) is 2.87. The molecule has 3 heterocycles. The minimum atomic E-state index is -0.310. The molecule has 0 unspecified atom stereocenters. The summed E-state index contributed by atoms with van der Waals surface area (Å²) in [6, 6.07) is 16.5. The maximum atomic E-state index is 13.4. The second-order valence-corrected chi connectivity index (χ2v) is 8.22. The van der Waals surface area contributed by atoms with Crippen LogP contribution in [0.5, 0.6) is 5.75 Å². The predicted octanol–water partition coefficient (Wildman–Crippen LogP) is 6.27. The third-order valence-electron chi connectivity index (χ3n) is 4.99. The second-order valence-electron chi connectivity index (χ2n) is 7.31. The first-order chi connectivity index (χ1) is 15.5. The molecule has 0 saturated heterocycles. The summed E-state index contributed by atoms with van der Waals surface area (Å²) in [5.74, 6) is 1.39. The van der Waals surface area contributed by atoms with Crippen molar-refractivity contribution in [1.82, 2.24) is 10.3 Å². The van der Waals surface area contributed by atoms with Crippen LogP contribution in [0.2, 0.25) is 0 Å². The van der Waals surface area contributed by atoms with E-state index in [9.17, 15) is 4.79 Å². The van der Waals surface area contributed by atoms with Gasteiger partial charge in [-0.2, -0.15) is 0 Å². The Kier molecular flexibility index (Phi) is 5.14. The number of benzene rings is 2. The van der Waals surface area contributed by atoms with Crippen molar-refractivity contribution < 1.29 is 23.0 Å². The average Bonchev–Trinajstić information content (AvgIpc) is 3.50. The van der Waals surface area contributed by atoms with E-state index in [0.29, 0.717) is 34.1 Å². The summed E-state index contributed by atoms with van der Waals surface area (Å²) in [5, 5.41) is 8.71. The predicted molar refractivity (Wildman–Crippen MR) is 120 cm³/mol. The smallest absolute Gasteiger partial charge is 0.234 e. The Hall–Kier alpha value is -3.65. The lowest BCUT2D eigenvalue weighted by Crippen LogP contribution is -2.02. The molecule has 5 rings (SSSR count). The number of fused-ring (bicyclic) bond motifs is 1. The van der Waals surface area contributed by atoms with E-state index in [2.05, 4.69) is 26.2 Å². The van der Waals surface area contributed by atoms with Crippen molar-refractivity contribution >= 4 is 32.7 Å². The highest BCUT2D eigenvalue weighted by Gasteiger charge is 2.26. The Morgan fingerprint density at radius 3 is 2.59 bits per heavy atom. The molecule has 7 nitrogen and oxygen atoms in total. The SMILES string of the molecule is Cc1cc(COc2cccc3cc(C(=O)c4c(-c5ccc(Br)cc5)noc4C)oc23)on1. The van der Waals surface area contributed by atoms with Gasteiger partial charge in [-0.25, -0.2) is 0 Å². The molecule has 0 spiro atoms. The first-order valence-electron chi connectivity index (χ1n) is 9.84. The molecule has 8 heteroatoms. The van der Waals surface area contributed by atoms with Gasteiger partial charge in [-0.1, -0.05) is 50.5 Å². The molecular weight excluding hydrogens is 476 g/mol. The van der Waals surface area contributed by atoms with Crippen LogP contribution in [0, 0.1) is 13.8 Å². The van der Waals surface area contributed by atoms with Crippen LogP contribution in [0.1, 0.15) is 33.3 Å². The van der Waals surface area contributed by atoms with E-state index < -0.39 is 0 Å². The summed E-state index contributed by atoms with van der Waals surface area (Å²) in [7, 11) is 0. The lowest BCUT2D eigenvalue weighted by Gasteiger charge is -2.04. The monoisotopic (exact) mass is 492 g/mol. The lowest BCUT2D eigenvalue weighted by atomic mass is 10.0. The van der Waals surface area contributed by atoms with Gasteiger partial charge in [0.05, 0.1) is 11.3 Å². The number of hydrogen-bond donors (Lipinski definition) is 0. The van der Waals surface area contributed by atoms with Crippen LogP contribution < -0.4 is 4.74 Å². The molecule has 0 fully saturated rings. The van der Waals surface area contributed by atoms with Crippen LogP contribution in [-0.2, 0) is 6.61 Å². The molecule has 0 N–H and O–H groups in total. The Labute approximate surface area is 191 Å². The zero-order chi connectivity index (χ0) is 22.2. The molecule has 32 heavy (non-hydrogen) atoms. The molecule has 0 aliphatic carbocycles. The number of aryl methyl sites for hydroxylation is 2. The van der Waals surface area contributed by atoms with E-state index in [4.69, 9.17) is 18.2 Å². The lowest BCUT2D eigenvalue weighted by molar-refractivity contribution is 0.101. The van der Waals surface area contributed by atoms with Crippen LogP contribution in [0.4, 0.5) is 0 Å². The minimum Gasteiger partial charge on any atom is -0.482 e. The van der Waals surface area contributed by atoms with Gasteiger partial charge in [0, 0.05) is 21.5 Å². The van der Waals surface area contributed by atoms with E-state index in [1.165, 1.54) is 0 Å². The van der Waals surface area contributed by atoms with Crippen LogP contribution in [0.3, 0.4) is 0 Å². The first-order valence-corrected chi connectivity index (χ1v) is 10.6. The molecule has 3 aromatic heterocycles. The number of rotatable bonds is 6. The van der Waals surface area contributed by atoms with E-state index in [0.717, 1.165) is 21.1 Å².